The van der Waals surface area contributed by atoms with Crippen molar-refractivity contribution in [1.29, 1.82) is 0 Å². The van der Waals surface area contributed by atoms with Crippen molar-refractivity contribution in [2.24, 2.45) is 0 Å². The average molecular weight is 483 g/mol. The summed E-state index contributed by atoms with van der Waals surface area (Å²) in [4.78, 5) is 31.7. The molecule has 2 aromatic carbocycles. The van der Waals surface area contributed by atoms with Gasteiger partial charge in [0.1, 0.15) is 11.5 Å². The van der Waals surface area contributed by atoms with Gasteiger partial charge in [0.25, 0.3) is 11.7 Å². The second-order valence-electron chi connectivity index (χ2n) is 7.42. The minimum absolute atomic E-state index is 0.0358. The molecule has 1 aromatic heterocycles. The summed E-state index contributed by atoms with van der Waals surface area (Å²) in [6.45, 7) is 2.40. The van der Waals surface area contributed by atoms with Gasteiger partial charge in [0.05, 0.1) is 23.2 Å². The van der Waals surface area contributed by atoms with Crippen LogP contribution in [0.15, 0.2) is 72.6 Å². The highest BCUT2D eigenvalue weighted by molar-refractivity contribution is 6.46. The highest BCUT2D eigenvalue weighted by Gasteiger charge is 2.46. The van der Waals surface area contributed by atoms with Gasteiger partial charge in [-0.1, -0.05) is 41.4 Å². The molecule has 0 aliphatic carbocycles. The summed E-state index contributed by atoms with van der Waals surface area (Å²) in [5.41, 5.74) is 1.61. The van der Waals surface area contributed by atoms with E-state index in [4.69, 9.17) is 27.9 Å². The quantitative estimate of drug-likeness (QED) is 0.288. The second kappa shape index (κ2) is 9.65. The fourth-order valence-corrected chi connectivity index (χ4v) is 4.26. The number of Topliss-reactive ketones (excluding diaryl/α,β-unsaturated/α-hetero) is 1. The molecule has 4 rings (SSSR count). The Morgan fingerprint density at radius 3 is 2.61 bits per heavy atom. The zero-order valence-electron chi connectivity index (χ0n) is 17.7. The van der Waals surface area contributed by atoms with Crippen molar-refractivity contribution in [2.75, 3.05) is 6.61 Å². The Hall–Kier alpha value is -3.35. The number of aliphatic hydroxyl groups excluding tert-OH is 1. The third-order valence-electron chi connectivity index (χ3n) is 5.29. The van der Waals surface area contributed by atoms with Crippen LogP contribution in [0.1, 0.15) is 29.7 Å². The lowest BCUT2D eigenvalue weighted by molar-refractivity contribution is -0.140. The van der Waals surface area contributed by atoms with Crippen molar-refractivity contribution in [3.63, 3.8) is 0 Å². The number of aromatic nitrogens is 1. The van der Waals surface area contributed by atoms with Gasteiger partial charge in [0.2, 0.25) is 0 Å². The highest BCUT2D eigenvalue weighted by atomic mass is 35.5. The van der Waals surface area contributed by atoms with Gasteiger partial charge >= 0.3 is 0 Å². The molecule has 1 aliphatic heterocycles. The first-order valence-corrected chi connectivity index (χ1v) is 11.0. The molecular weight excluding hydrogens is 463 g/mol. The van der Waals surface area contributed by atoms with Gasteiger partial charge in [-0.15, -0.1) is 0 Å². The average Bonchev–Trinajstić information content (AvgIpc) is 3.05. The number of halogens is 2. The standard InChI is InChI=1S/C25H20Cl2N2O4/c1-2-33-20-9-8-17(12-19(20)27)23(30)21-22(16-6-3-7-18(26)11-16)29(25(32)24(21)31)14-15-5-4-10-28-13-15/h3-13,22,30H,2,14H2,1H3/b23-21+/t22-/m0/s1. The van der Waals surface area contributed by atoms with Crippen LogP contribution in [0, 0.1) is 0 Å². The summed E-state index contributed by atoms with van der Waals surface area (Å²) in [6, 6.07) is 14.3. The third kappa shape index (κ3) is 4.58. The van der Waals surface area contributed by atoms with E-state index in [2.05, 4.69) is 4.98 Å². The van der Waals surface area contributed by atoms with Crippen LogP contribution in [0.4, 0.5) is 0 Å². The molecule has 2 heterocycles. The highest BCUT2D eigenvalue weighted by Crippen LogP contribution is 2.41. The van der Waals surface area contributed by atoms with E-state index in [1.54, 1.807) is 54.9 Å². The number of carbonyl (C=O) groups excluding carboxylic acids is 2. The van der Waals surface area contributed by atoms with Crippen LogP contribution in [0.3, 0.4) is 0 Å². The van der Waals surface area contributed by atoms with E-state index in [1.807, 2.05) is 13.0 Å². The Labute approximate surface area is 201 Å². The van der Waals surface area contributed by atoms with Crippen molar-refractivity contribution in [1.82, 2.24) is 9.88 Å². The van der Waals surface area contributed by atoms with Crippen LogP contribution in [0.5, 0.6) is 5.75 Å². The number of nitrogens with zero attached hydrogens (tertiary/aromatic N) is 2. The Morgan fingerprint density at radius 1 is 1.12 bits per heavy atom. The maximum absolute atomic E-state index is 13.1. The molecule has 0 unspecified atom stereocenters. The van der Waals surface area contributed by atoms with E-state index < -0.39 is 17.7 Å². The minimum atomic E-state index is -0.839. The zero-order chi connectivity index (χ0) is 23.5. The molecule has 1 aliphatic rings. The van der Waals surface area contributed by atoms with E-state index in [1.165, 1.54) is 11.0 Å². The predicted molar refractivity (Wildman–Crippen MR) is 126 cm³/mol. The van der Waals surface area contributed by atoms with Crippen molar-refractivity contribution in [2.45, 2.75) is 19.5 Å². The van der Waals surface area contributed by atoms with Crippen molar-refractivity contribution in [3.05, 3.63) is 99.3 Å². The predicted octanol–water partition coefficient (Wildman–Crippen LogP) is 5.41. The van der Waals surface area contributed by atoms with Gasteiger partial charge in [-0.25, -0.2) is 0 Å². The fourth-order valence-electron chi connectivity index (χ4n) is 3.83. The molecule has 1 saturated heterocycles. The van der Waals surface area contributed by atoms with Gasteiger partial charge in [0, 0.05) is 29.5 Å². The lowest BCUT2D eigenvalue weighted by Gasteiger charge is -2.25. The first-order chi connectivity index (χ1) is 15.9. The number of hydrogen-bond donors (Lipinski definition) is 1. The maximum Gasteiger partial charge on any atom is 0.295 e. The molecule has 6 nitrogen and oxygen atoms in total. The number of hydrogen-bond acceptors (Lipinski definition) is 5. The zero-order valence-corrected chi connectivity index (χ0v) is 19.2. The Morgan fingerprint density at radius 2 is 1.94 bits per heavy atom. The van der Waals surface area contributed by atoms with Crippen LogP contribution < -0.4 is 4.74 Å². The number of amides is 1. The smallest absolute Gasteiger partial charge is 0.295 e. The summed E-state index contributed by atoms with van der Waals surface area (Å²) in [5, 5.41) is 11.9. The van der Waals surface area contributed by atoms with Gasteiger partial charge in [-0.05, 0) is 54.4 Å². The number of rotatable bonds is 6. The number of carbonyl (C=O) groups is 2. The largest absolute Gasteiger partial charge is 0.507 e. The molecule has 33 heavy (non-hydrogen) atoms. The van der Waals surface area contributed by atoms with Crippen LogP contribution in [-0.2, 0) is 16.1 Å². The summed E-state index contributed by atoms with van der Waals surface area (Å²) in [5.74, 6) is -1.37. The molecule has 1 fully saturated rings. The van der Waals surface area contributed by atoms with Crippen molar-refractivity contribution >= 4 is 40.7 Å². The SMILES string of the molecule is CCOc1ccc(/C(O)=C2\C(=O)C(=O)N(Cc3cccnc3)[C@H]2c2cccc(Cl)c2)cc1Cl. The molecular formula is C25H20Cl2N2O4. The van der Waals surface area contributed by atoms with Crippen LogP contribution in [0.25, 0.3) is 5.76 Å². The van der Waals surface area contributed by atoms with Gasteiger partial charge in [-0.3, -0.25) is 14.6 Å². The molecule has 0 bridgehead atoms. The Balaban J connectivity index is 1.85. The molecule has 1 amide bonds. The van der Waals surface area contributed by atoms with E-state index in [9.17, 15) is 14.7 Å². The van der Waals surface area contributed by atoms with E-state index in [0.29, 0.717) is 28.5 Å². The Bertz CT molecular complexity index is 1240. The molecule has 0 spiro atoms. The second-order valence-corrected chi connectivity index (χ2v) is 8.27. The number of pyridine rings is 1. The lowest BCUT2D eigenvalue weighted by atomic mass is 9.95. The van der Waals surface area contributed by atoms with Gasteiger partial charge < -0.3 is 14.7 Å². The lowest BCUT2D eigenvalue weighted by Crippen LogP contribution is -2.29. The molecule has 1 atom stereocenters. The summed E-state index contributed by atoms with van der Waals surface area (Å²) in [7, 11) is 0. The molecule has 1 N–H and O–H groups in total. The normalized spacial score (nSPS) is 17.4. The monoisotopic (exact) mass is 482 g/mol. The molecule has 168 valence electrons. The topological polar surface area (TPSA) is 79.7 Å². The number of likely N-dealkylation sites (tertiary alicyclic amines) is 1. The van der Waals surface area contributed by atoms with E-state index >= 15 is 0 Å². The number of ether oxygens (including phenoxy) is 1. The van der Waals surface area contributed by atoms with E-state index in [-0.39, 0.29) is 22.9 Å². The number of aliphatic hydroxyl groups is 1. The maximum atomic E-state index is 13.1. The van der Waals surface area contributed by atoms with Gasteiger partial charge in [-0.2, -0.15) is 0 Å². The van der Waals surface area contributed by atoms with Crippen LogP contribution in [-0.4, -0.2) is 33.3 Å². The fraction of sp³-hybridized carbons (Fsp3) is 0.160. The third-order valence-corrected chi connectivity index (χ3v) is 5.82. The number of benzene rings is 2. The van der Waals surface area contributed by atoms with Gasteiger partial charge in [0.15, 0.2) is 0 Å². The van der Waals surface area contributed by atoms with E-state index in [0.717, 1.165) is 5.56 Å². The molecule has 3 aromatic rings. The van der Waals surface area contributed by atoms with Crippen LogP contribution in [0.2, 0.25) is 10.0 Å². The van der Waals surface area contributed by atoms with Crippen LogP contribution >= 0.6 is 23.2 Å². The first kappa shape index (κ1) is 22.8. The van der Waals surface area contributed by atoms with Crippen molar-refractivity contribution < 1.29 is 19.4 Å². The summed E-state index contributed by atoms with van der Waals surface area (Å²) < 4.78 is 5.44. The summed E-state index contributed by atoms with van der Waals surface area (Å²) in [6.07, 6.45) is 3.25. The molecule has 0 saturated carbocycles. The molecule has 8 heteroatoms. The summed E-state index contributed by atoms with van der Waals surface area (Å²) >= 11 is 12.5. The molecule has 0 radical (unpaired) electrons. The Kier molecular flexibility index (Phi) is 6.67. The first-order valence-electron chi connectivity index (χ1n) is 10.3. The number of ketones is 1. The minimum Gasteiger partial charge on any atom is -0.507 e. The van der Waals surface area contributed by atoms with Crippen molar-refractivity contribution in [3.8, 4) is 5.75 Å².